The smallest absolute Gasteiger partial charge is 0.393 e. The molecule has 1 rings (SSSR count). The zero-order valence-corrected chi connectivity index (χ0v) is 6.60. The average molecular weight is 181 g/mol. The fourth-order valence-corrected chi connectivity index (χ4v) is 0.678. The molecular weight excluding hydrogens is 174 g/mol. The number of hydrogen-bond acceptors (Lipinski definition) is 4. The lowest BCUT2D eigenvalue weighted by Gasteiger charge is -2.01. The first-order valence-electron chi connectivity index (χ1n) is 3.46. The van der Waals surface area contributed by atoms with Crippen molar-refractivity contribution in [2.75, 3.05) is 0 Å². The maximum Gasteiger partial charge on any atom is 0.538 e. The van der Waals surface area contributed by atoms with Gasteiger partial charge in [-0.15, -0.1) is 0 Å². The van der Waals surface area contributed by atoms with Crippen molar-refractivity contribution in [3.8, 4) is 5.75 Å². The molecule has 0 saturated heterocycles. The molecule has 1 aromatic carbocycles. The molecule has 1 aromatic rings. The summed E-state index contributed by atoms with van der Waals surface area (Å²) in [6.07, 6.45) is -0.759. The quantitative estimate of drug-likeness (QED) is 0.325. The van der Waals surface area contributed by atoms with Crippen molar-refractivity contribution < 1.29 is 19.2 Å². The molecule has 1 N–H and O–H groups in total. The molecule has 0 saturated carbocycles. The van der Waals surface area contributed by atoms with Crippen molar-refractivity contribution >= 4 is 12.6 Å². The summed E-state index contributed by atoms with van der Waals surface area (Å²) in [5.74, 6) is 0.347. The van der Waals surface area contributed by atoms with E-state index in [-0.39, 0.29) is 6.41 Å². The van der Waals surface area contributed by atoms with E-state index in [0.29, 0.717) is 5.75 Å². The normalized spacial score (nSPS) is 8.62. The molecule has 0 spiro atoms. The zero-order chi connectivity index (χ0) is 9.52. The lowest BCUT2D eigenvalue weighted by Crippen LogP contribution is -2.20. The lowest BCUT2D eigenvalue weighted by atomic mass is 10.3. The Labute approximate surface area is 74.2 Å². The minimum Gasteiger partial charge on any atom is -0.393 e. The van der Waals surface area contributed by atoms with E-state index < -0.39 is 6.16 Å². The van der Waals surface area contributed by atoms with Crippen LogP contribution in [0.25, 0.3) is 0 Å². The van der Waals surface area contributed by atoms with E-state index in [1.807, 2.05) is 0 Å². The maximum atomic E-state index is 10.7. The van der Waals surface area contributed by atoms with Crippen LogP contribution in [-0.4, -0.2) is 12.6 Å². The Bertz CT molecular complexity index is 285. The number of hydrogen-bond donors (Lipinski definition) is 1. The maximum absolute atomic E-state index is 10.7. The minimum atomic E-state index is -0.988. The van der Waals surface area contributed by atoms with Gasteiger partial charge in [-0.05, 0) is 12.1 Å². The van der Waals surface area contributed by atoms with Crippen LogP contribution >= 0.6 is 0 Å². The summed E-state index contributed by atoms with van der Waals surface area (Å²) < 4.78 is 4.63. The molecule has 0 radical (unpaired) electrons. The first kappa shape index (κ1) is 9.05. The molecule has 5 heteroatoms. The highest BCUT2D eigenvalue weighted by atomic mass is 16.8. The fourth-order valence-electron chi connectivity index (χ4n) is 0.678. The zero-order valence-electron chi connectivity index (χ0n) is 6.60. The van der Waals surface area contributed by atoms with Crippen molar-refractivity contribution in [3.63, 3.8) is 0 Å². The van der Waals surface area contributed by atoms with Gasteiger partial charge in [0.1, 0.15) is 5.75 Å². The second-order valence-electron chi connectivity index (χ2n) is 2.00. The molecule has 1 amide bonds. The Morgan fingerprint density at radius 3 is 2.62 bits per heavy atom. The highest BCUT2D eigenvalue weighted by molar-refractivity contribution is 5.64. The van der Waals surface area contributed by atoms with E-state index in [4.69, 9.17) is 0 Å². The number of hydroxylamine groups is 1. The van der Waals surface area contributed by atoms with Gasteiger partial charge in [0, 0.05) is 0 Å². The highest BCUT2D eigenvalue weighted by Gasteiger charge is 2.03. The Balaban J connectivity index is 2.41. The molecule has 0 aliphatic heterocycles. The third-order valence-electron chi connectivity index (χ3n) is 1.13. The van der Waals surface area contributed by atoms with Crippen molar-refractivity contribution in [1.82, 2.24) is 5.48 Å². The van der Waals surface area contributed by atoms with Gasteiger partial charge in [0.05, 0.1) is 0 Å². The van der Waals surface area contributed by atoms with Crippen LogP contribution in [0.5, 0.6) is 5.75 Å². The Kier molecular flexibility index (Phi) is 3.31. The van der Waals surface area contributed by atoms with E-state index in [1.165, 1.54) is 0 Å². The highest BCUT2D eigenvalue weighted by Crippen LogP contribution is 2.08. The molecule has 0 aromatic heterocycles. The van der Waals surface area contributed by atoms with Crippen LogP contribution in [-0.2, 0) is 9.63 Å². The molecule has 68 valence electrons. The molecule has 0 unspecified atom stereocenters. The van der Waals surface area contributed by atoms with Crippen molar-refractivity contribution in [3.05, 3.63) is 30.3 Å². The van der Waals surface area contributed by atoms with Crippen LogP contribution < -0.4 is 10.2 Å². The van der Waals surface area contributed by atoms with Gasteiger partial charge in [0.2, 0.25) is 6.41 Å². The van der Waals surface area contributed by atoms with E-state index in [1.54, 1.807) is 35.8 Å². The van der Waals surface area contributed by atoms with Gasteiger partial charge in [-0.25, -0.2) is 4.79 Å². The van der Waals surface area contributed by atoms with Crippen molar-refractivity contribution in [1.29, 1.82) is 0 Å². The molecule has 0 fully saturated rings. The van der Waals surface area contributed by atoms with Crippen LogP contribution in [0.3, 0.4) is 0 Å². The van der Waals surface area contributed by atoms with Gasteiger partial charge in [0.25, 0.3) is 0 Å². The monoisotopic (exact) mass is 181 g/mol. The van der Waals surface area contributed by atoms with Crippen LogP contribution in [0.2, 0.25) is 0 Å². The van der Waals surface area contributed by atoms with Crippen molar-refractivity contribution in [2.45, 2.75) is 0 Å². The predicted octanol–water partition coefficient (Wildman–Crippen LogP) is 0.863. The van der Waals surface area contributed by atoms with Gasteiger partial charge in [0.15, 0.2) is 0 Å². The Morgan fingerprint density at radius 1 is 1.31 bits per heavy atom. The summed E-state index contributed by atoms with van der Waals surface area (Å²) in [6, 6.07) is 8.36. The minimum absolute atomic E-state index is 0.228. The summed E-state index contributed by atoms with van der Waals surface area (Å²) in [6.45, 7) is 0. The Hall–Kier alpha value is -2.04. The summed E-state index contributed by atoms with van der Waals surface area (Å²) in [5, 5.41) is 0. The largest absolute Gasteiger partial charge is 0.538 e. The number of para-hydroxylation sites is 1. The number of benzene rings is 1. The standard InChI is InChI=1S/C8H7NO4/c10-6-9-13-8(11)12-7-4-2-1-3-5-7/h1-6H,(H,9,10). The summed E-state index contributed by atoms with van der Waals surface area (Å²) >= 11 is 0. The number of amides is 1. The average Bonchev–Trinajstić information content (AvgIpc) is 2.16. The lowest BCUT2D eigenvalue weighted by molar-refractivity contribution is -0.117. The van der Waals surface area contributed by atoms with Gasteiger partial charge >= 0.3 is 6.16 Å². The van der Waals surface area contributed by atoms with Gasteiger partial charge in [-0.1, -0.05) is 18.2 Å². The molecule has 0 atom stereocenters. The molecule has 0 heterocycles. The van der Waals surface area contributed by atoms with E-state index in [9.17, 15) is 9.59 Å². The number of carbonyl (C=O) groups is 2. The second-order valence-corrected chi connectivity index (χ2v) is 2.00. The van der Waals surface area contributed by atoms with Crippen LogP contribution in [0.15, 0.2) is 30.3 Å². The van der Waals surface area contributed by atoms with Crippen LogP contribution in [0.1, 0.15) is 0 Å². The fraction of sp³-hybridized carbons (Fsp3) is 0. The molecular formula is C8H7NO4. The third kappa shape index (κ3) is 3.24. The van der Waals surface area contributed by atoms with Gasteiger partial charge in [-0.2, -0.15) is 5.48 Å². The molecule has 0 aliphatic rings. The molecule has 13 heavy (non-hydrogen) atoms. The SMILES string of the molecule is O=CNOC(=O)Oc1ccccc1. The molecule has 5 nitrogen and oxygen atoms in total. The third-order valence-corrected chi connectivity index (χ3v) is 1.13. The van der Waals surface area contributed by atoms with Gasteiger partial charge < -0.3 is 9.57 Å². The molecule has 0 aliphatic carbocycles. The summed E-state index contributed by atoms with van der Waals surface area (Å²) in [5.41, 5.74) is 1.71. The van der Waals surface area contributed by atoms with Crippen LogP contribution in [0.4, 0.5) is 4.79 Å². The topological polar surface area (TPSA) is 64.6 Å². The van der Waals surface area contributed by atoms with Crippen molar-refractivity contribution in [2.24, 2.45) is 0 Å². The Morgan fingerprint density at radius 2 is 2.00 bits per heavy atom. The second kappa shape index (κ2) is 4.76. The number of nitrogens with one attached hydrogen (secondary N) is 1. The predicted molar refractivity (Wildman–Crippen MR) is 42.8 cm³/mol. The van der Waals surface area contributed by atoms with E-state index in [0.717, 1.165) is 0 Å². The number of ether oxygens (including phenoxy) is 1. The molecule has 0 bridgehead atoms. The van der Waals surface area contributed by atoms with Crippen LogP contribution in [0, 0.1) is 0 Å². The van der Waals surface area contributed by atoms with E-state index in [2.05, 4.69) is 9.57 Å². The number of carbonyl (C=O) groups excluding carboxylic acids is 2. The van der Waals surface area contributed by atoms with Gasteiger partial charge in [-0.3, -0.25) is 4.79 Å². The first-order valence-corrected chi connectivity index (χ1v) is 3.46. The summed E-state index contributed by atoms with van der Waals surface area (Å²) in [4.78, 5) is 24.5. The number of rotatable bonds is 3. The summed E-state index contributed by atoms with van der Waals surface area (Å²) in [7, 11) is 0. The first-order chi connectivity index (χ1) is 6.33. The van der Waals surface area contributed by atoms with E-state index >= 15 is 0 Å².